The summed E-state index contributed by atoms with van der Waals surface area (Å²) in [5.41, 5.74) is 5.65. The van der Waals surface area contributed by atoms with Crippen LogP contribution in [0.5, 0.6) is 0 Å². The van der Waals surface area contributed by atoms with E-state index >= 15 is 0 Å². The molecule has 1 saturated carbocycles. The molecule has 1 heteroatoms. The predicted octanol–water partition coefficient (Wildman–Crippen LogP) is 2.72. The minimum atomic E-state index is 0.226. The molecule has 70 valence electrons. The molecule has 0 amide bonds. The fourth-order valence-electron chi connectivity index (χ4n) is 1.81. The lowest BCUT2D eigenvalue weighted by Gasteiger charge is -2.23. The first kappa shape index (κ1) is 9.79. The normalized spacial score (nSPS) is 33.9. The molecule has 1 atom stereocenters. The lowest BCUT2D eigenvalue weighted by atomic mass is 9.83. The van der Waals surface area contributed by atoms with Gasteiger partial charge in [0.15, 0.2) is 0 Å². The summed E-state index contributed by atoms with van der Waals surface area (Å²) in [4.78, 5) is 0. The third-order valence-corrected chi connectivity index (χ3v) is 2.75. The number of allylic oxidation sites excluding steroid dienone is 1. The van der Waals surface area contributed by atoms with E-state index in [9.17, 15) is 0 Å². The second kappa shape index (κ2) is 4.66. The van der Waals surface area contributed by atoms with E-state index < -0.39 is 0 Å². The van der Waals surface area contributed by atoms with Gasteiger partial charge >= 0.3 is 0 Å². The molecule has 0 aromatic carbocycles. The molecule has 1 unspecified atom stereocenters. The van der Waals surface area contributed by atoms with Crippen LogP contribution in [0.4, 0.5) is 0 Å². The Morgan fingerprint density at radius 2 is 1.83 bits per heavy atom. The van der Waals surface area contributed by atoms with Crippen molar-refractivity contribution >= 4 is 0 Å². The molecule has 0 heterocycles. The molecule has 1 nitrogen and oxygen atoms in total. The van der Waals surface area contributed by atoms with E-state index in [0.717, 1.165) is 11.8 Å². The predicted molar refractivity (Wildman–Crippen MR) is 53.9 cm³/mol. The molecule has 0 spiro atoms. The standard InChI is InChI=1S/C11H21N/c1-9-3-6-11(7-4-9)8-5-10(2)12/h5,8-11H,3-4,6-7,12H2,1-2H3/b8-5+. The fraction of sp³-hybridized carbons (Fsp3) is 0.818. The zero-order chi connectivity index (χ0) is 8.97. The molecule has 0 aromatic rings. The minimum absolute atomic E-state index is 0.226. The van der Waals surface area contributed by atoms with Crippen LogP contribution in [0.3, 0.4) is 0 Å². The van der Waals surface area contributed by atoms with Gasteiger partial charge in [-0.2, -0.15) is 0 Å². The maximum absolute atomic E-state index is 5.65. The molecule has 2 N–H and O–H groups in total. The Labute approximate surface area is 76.0 Å². The molecule has 0 aliphatic heterocycles. The van der Waals surface area contributed by atoms with Crippen molar-refractivity contribution in [3.8, 4) is 0 Å². The van der Waals surface area contributed by atoms with Crippen LogP contribution < -0.4 is 5.73 Å². The SMILES string of the molecule is CC(N)/C=C/C1CCC(C)CC1. The zero-order valence-corrected chi connectivity index (χ0v) is 8.29. The summed E-state index contributed by atoms with van der Waals surface area (Å²) in [6.45, 7) is 4.38. The monoisotopic (exact) mass is 167 g/mol. The summed E-state index contributed by atoms with van der Waals surface area (Å²) >= 11 is 0. The van der Waals surface area contributed by atoms with Gasteiger partial charge in [0.25, 0.3) is 0 Å². The first-order chi connectivity index (χ1) is 5.68. The van der Waals surface area contributed by atoms with Crippen molar-refractivity contribution in [1.29, 1.82) is 0 Å². The molecule has 0 bridgehead atoms. The van der Waals surface area contributed by atoms with Crippen molar-refractivity contribution in [2.75, 3.05) is 0 Å². The Morgan fingerprint density at radius 1 is 1.25 bits per heavy atom. The van der Waals surface area contributed by atoms with Crippen molar-refractivity contribution in [3.05, 3.63) is 12.2 Å². The van der Waals surface area contributed by atoms with Gasteiger partial charge in [0, 0.05) is 6.04 Å². The molecule has 1 fully saturated rings. The molecule has 1 aliphatic rings. The van der Waals surface area contributed by atoms with Crippen molar-refractivity contribution in [3.63, 3.8) is 0 Å². The lowest BCUT2D eigenvalue weighted by molar-refractivity contribution is 0.330. The van der Waals surface area contributed by atoms with E-state index in [1.807, 2.05) is 6.92 Å². The average molecular weight is 167 g/mol. The van der Waals surface area contributed by atoms with Crippen LogP contribution in [0.15, 0.2) is 12.2 Å². The van der Waals surface area contributed by atoms with Crippen molar-refractivity contribution < 1.29 is 0 Å². The Kier molecular flexibility index (Phi) is 3.80. The van der Waals surface area contributed by atoms with E-state index in [4.69, 9.17) is 5.73 Å². The molecule has 12 heavy (non-hydrogen) atoms. The molecule has 0 saturated heterocycles. The maximum atomic E-state index is 5.65. The number of hydrogen-bond donors (Lipinski definition) is 1. The first-order valence-corrected chi connectivity index (χ1v) is 5.12. The fourth-order valence-corrected chi connectivity index (χ4v) is 1.81. The quantitative estimate of drug-likeness (QED) is 0.629. The second-order valence-corrected chi connectivity index (χ2v) is 4.26. The highest BCUT2D eigenvalue weighted by atomic mass is 14.6. The van der Waals surface area contributed by atoms with Crippen LogP contribution in [-0.2, 0) is 0 Å². The van der Waals surface area contributed by atoms with Gasteiger partial charge in [-0.1, -0.05) is 31.9 Å². The van der Waals surface area contributed by atoms with Gasteiger partial charge < -0.3 is 5.73 Å². The van der Waals surface area contributed by atoms with Crippen LogP contribution in [0, 0.1) is 11.8 Å². The van der Waals surface area contributed by atoms with Crippen LogP contribution in [0.1, 0.15) is 39.5 Å². The highest BCUT2D eigenvalue weighted by molar-refractivity contribution is 4.94. The average Bonchev–Trinajstić information content (AvgIpc) is 2.03. The van der Waals surface area contributed by atoms with E-state index in [1.165, 1.54) is 25.7 Å². The Bertz CT molecular complexity index is 141. The molecular formula is C11H21N. The van der Waals surface area contributed by atoms with Crippen molar-refractivity contribution in [1.82, 2.24) is 0 Å². The largest absolute Gasteiger partial charge is 0.325 e. The van der Waals surface area contributed by atoms with Gasteiger partial charge in [0.1, 0.15) is 0 Å². The lowest BCUT2D eigenvalue weighted by Crippen LogP contribution is -2.13. The van der Waals surface area contributed by atoms with Crippen molar-refractivity contribution in [2.45, 2.75) is 45.6 Å². The molecular weight excluding hydrogens is 146 g/mol. The maximum Gasteiger partial charge on any atom is 0.0194 e. The second-order valence-electron chi connectivity index (χ2n) is 4.26. The summed E-state index contributed by atoms with van der Waals surface area (Å²) in [6, 6.07) is 0.226. The van der Waals surface area contributed by atoms with Gasteiger partial charge in [0.05, 0.1) is 0 Å². The number of hydrogen-bond acceptors (Lipinski definition) is 1. The molecule has 0 aromatic heterocycles. The minimum Gasteiger partial charge on any atom is -0.325 e. The Balaban J connectivity index is 2.26. The van der Waals surface area contributed by atoms with Crippen molar-refractivity contribution in [2.24, 2.45) is 17.6 Å². The first-order valence-electron chi connectivity index (χ1n) is 5.12. The van der Waals surface area contributed by atoms with Gasteiger partial charge in [-0.3, -0.25) is 0 Å². The topological polar surface area (TPSA) is 26.0 Å². The molecule has 0 radical (unpaired) electrons. The summed E-state index contributed by atoms with van der Waals surface area (Å²) in [7, 11) is 0. The smallest absolute Gasteiger partial charge is 0.0194 e. The van der Waals surface area contributed by atoms with Gasteiger partial charge in [0.2, 0.25) is 0 Å². The Hall–Kier alpha value is -0.300. The highest BCUT2D eigenvalue weighted by Crippen LogP contribution is 2.28. The third-order valence-electron chi connectivity index (χ3n) is 2.75. The van der Waals surface area contributed by atoms with Gasteiger partial charge in [-0.25, -0.2) is 0 Å². The Morgan fingerprint density at radius 3 is 2.33 bits per heavy atom. The number of nitrogens with two attached hydrogens (primary N) is 1. The van der Waals surface area contributed by atoms with Crippen LogP contribution in [0.25, 0.3) is 0 Å². The number of rotatable bonds is 2. The van der Waals surface area contributed by atoms with Crippen LogP contribution in [0.2, 0.25) is 0 Å². The van der Waals surface area contributed by atoms with E-state index in [0.29, 0.717) is 0 Å². The molecule has 1 rings (SSSR count). The van der Waals surface area contributed by atoms with E-state index in [2.05, 4.69) is 19.1 Å². The van der Waals surface area contributed by atoms with Crippen LogP contribution >= 0.6 is 0 Å². The summed E-state index contributed by atoms with van der Waals surface area (Å²) in [5.74, 6) is 1.76. The summed E-state index contributed by atoms with van der Waals surface area (Å²) in [6.07, 6.45) is 9.98. The third kappa shape index (κ3) is 3.40. The van der Waals surface area contributed by atoms with E-state index in [-0.39, 0.29) is 6.04 Å². The molecule has 1 aliphatic carbocycles. The van der Waals surface area contributed by atoms with E-state index in [1.54, 1.807) is 0 Å². The summed E-state index contributed by atoms with van der Waals surface area (Å²) in [5, 5.41) is 0. The van der Waals surface area contributed by atoms with Crippen LogP contribution in [-0.4, -0.2) is 6.04 Å². The zero-order valence-electron chi connectivity index (χ0n) is 8.29. The highest BCUT2D eigenvalue weighted by Gasteiger charge is 2.15. The van der Waals surface area contributed by atoms with Gasteiger partial charge in [-0.15, -0.1) is 0 Å². The summed E-state index contributed by atoms with van der Waals surface area (Å²) < 4.78 is 0. The van der Waals surface area contributed by atoms with Gasteiger partial charge in [-0.05, 0) is 31.6 Å².